The van der Waals surface area contributed by atoms with Gasteiger partial charge in [-0.05, 0) is 38.5 Å². The molecule has 0 radical (unpaired) electrons. The van der Waals surface area contributed by atoms with E-state index < -0.39 is 0 Å². The molecular weight excluding hydrogens is 222 g/mol. The van der Waals surface area contributed by atoms with Crippen molar-refractivity contribution in [3.63, 3.8) is 0 Å². The van der Waals surface area contributed by atoms with E-state index in [9.17, 15) is 0 Å². The second-order valence-electron chi connectivity index (χ2n) is 3.55. The van der Waals surface area contributed by atoms with Gasteiger partial charge < -0.3 is 4.74 Å². The Morgan fingerprint density at radius 2 is 1.18 bits per heavy atom. The molecule has 2 unspecified atom stereocenters. The molecule has 17 heavy (non-hydrogen) atoms. The van der Waals surface area contributed by atoms with Crippen LogP contribution in [0.1, 0.15) is 66.2 Å². The molecule has 3 heteroatoms. The molecule has 3 rings (SSSR count). The van der Waals surface area contributed by atoms with Crippen LogP contribution in [0.4, 0.5) is 9.41 Å². The van der Waals surface area contributed by atoms with E-state index in [-0.39, 0.29) is 9.41 Å². The highest BCUT2D eigenvalue weighted by molar-refractivity contribution is 4.90. The number of halogens is 2. The van der Waals surface area contributed by atoms with Gasteiger partial charge in [0, 0.05) is 0 Å². The summed E-state index contributed by atoms with van der Waals surface area (Å²) in [6.45, 7) is 8.00. The zero-order chi connectivity index (χ0) is 11.5. The highest BCUT2D eigenvalue weighted by Crippen LogP contribution is 2.37. The summed E-state index contributed by atoms with van der Waals surface area (Å²) in [6, 6.07) is 0. The van der Waals surface area contributed by atoms with Crippen molar-refractivity contribution in [3.05, 3.63) is 12.2 Å². The summed E-state index contributed by atoms with van der Waals surface area (Å²) in [6.07, 6.45) is 14.0. The molecule has 2 fully saturated rings. The van der Waals surface area contributed by atoms with Crippen LogP contribution < -0.4 is 0 Å². The molecule has 0 bridgehead atoms. The van der Waals surface area contributed by atoms with E-state index in [1.54, 1.807) is 0 Å². The maximum absolute atomic E-state index is 5.15. The minimum Gasteiger partial charge on any atom is -0.370 e. The number of rotatable bonds is 0. The monoisotopic (exact) mass is 252 g/mol. The maximum atomic E-state index is 5.15. The molecule has 1 aliphatic heterocycles. The molecule has 0 aromatic carbocycles. The summed E-state index contributed by atoms with van der Waals surface area (Å²) in [5.74, 6) is 0. The van der Waals surface area contributed by atoms with Gasteiger partial charge in [0.1, 0.15) is 0 Å². The molecule has 106 valence electrons. The van der Waals surface area contributed by atoms with Crippen LogP contribution in [0.3, 0.4) is 0 Å². The summed E-state index contributed by atoms with van der Waals surface area (Å²) >= 11 is 0. The Bertz CT molecular complexity index is 146. The van der Waals surface area contributed by atoms with Crippen molar-refractivity contribution in [2.24, 2.45) is 0 Å². The van der Waals surface area contributed by atoms with Gasteiger partial charge in [-0.2, -0.15) is 0 Å². The molecule has 0 aromatic rings. The Kier molecular flexibility index (Phi) is 20.0. The lowest BCUT2D eigenvalue weighted by molar-refractivity contribution is 0.322. The van der Waals surface area contributed by atoms with Gasteiger partial charge in [0.25, 0.3) is 0 Å². The average molecular weight is 252 g/mol. The number of epoxide rings is 1. The fourth-order valence-electron chi connectivity index (χ4n) is 1.80. The molecule has 0 spiro atoms. The van der Waals surface area contributed by atoms with Gasteiger partial charge in [-0.25, -0.2) is 0 Å². The van der Waals surface area contributed by atoms with Gasteiger partial charge in [-0.1, -0.05) is 39.8 Å². The van der Waals surface area contributed by atoms with E-state index in [1.807, 2.05) is 27.7 Å². The molecule has 1 saturated carbocycles. The summed E-state index contributed by atoms with van der Waals surface area (Å²) in [5.41, 5.74) is 0. The fraction of sp³-hybridized carbons (Fsp3) is 0.857. The summed E-state index contributed by atoms with van der Waals surface area (Å²) in [5, 5.41) is 0. The van der Waals surface area contributed by atoms with Gasteiger partial charge in [-0.3, -0.25) is 9.41 Å². The number of ether oxygens (including phenoxy) is 1. The van der Waals surface area contributed by atoms with E-state index in [1.165, 1.54) is 38.5 Å². The number of hydrogen-bond acceptors (Lipinski definition) is 1. The first-order valence-corrected chi connectivity index (χ1v) is 6.77. The first kappa shape index (κ1) is 21.8. The first-order valence-electron chi connectivity index (χ1n) is 6.77. The minimum absolute atomic E-state index is 0. The summed E-state index contributed by atoms with van der Waals surface area (Å²) in [7, 11) is 0. The largest absolute Gasteiger partial charge is 0.370 e. The molecule has 0 aromatic heterocycles. The predicted octanol–water partition coefficient (Wildman–Crippen LogP) is 5.02. The molecule has 1 saturated heterocycles. The Morgan fingerprint density at radius 1 is 0.765 bits per heavy atom. The smallest absolute Gasteiger partial charge is 0.0841 e. The summed E-state index contributed by atoms with van der Waals surface area (Å²) < 4.78 is 5.15. The fourth-order valence-corrected chi connectivity index (χ4v) is 1.80. The molecule has 0 amide bonds. The van der Waals surface area contributed by atoms with Crippen molar-refractivity contribution < 1.29 is 14.1 Å². The van der Waals surface area contributed by atoms with Crippen LogP contribution in [-0.2, 0) is 4.74 Å². The van der Waals surface area contributed by atoms with E-state index in [0.717, 1.165) is 0 Å². The predicted molar refractivity (Wildman–Crippen MR) is 73.2 cm³/mol. The maximum Gasteiger partial charge on any atom is 0.0841 e. The standard InChI is InChI=1S/C5H8O.C5H8.2C2H6.2FH/c1-2-4-5(3-1)6-4;1-2-4-5-3-1;2*1-2;;/h4-5H,1-3H2;1-2H,3-5H2;2*1-2H3;2*1H. The Morgan fingerprint density at radius 3 is 1.29 bits per heavy atom. The van der Waals surface area contributed by atoms with E-state index in [4.69, 9.17) is 4.74 Å². The third-order valence-electron chi connectivity index (χ3n) is 2.57. The van der Waals surface area contributed by atoms with Crippen molar-refractivity contribution in [3.8, 4) is 0 Å². The molecule has 1 nitrogen and oxygen atoms in total. The van der Waals surface area contributed by atoms with Crippen LogP contribution >= 0.6 is 0 Å². The normalized spacial score (nSPS) is 25.2. The van der Waals surface area contributed by atoms with Gasteiger partial charge in [0.15, 0.2) is 0 Å². The van der Waals surface area contributed by atoms with Crippen molar-refractivity contribution in [1.29, 1.82) is 0 Å². The van der Waals surface area contributed by atoms with E-state index in [0.29, 0.717) is 12.2 Å². The molecular formula is C14H30F2O. The van der Waals surface area contributed by atoms with Crippen molar-refractivity contribution in [2.45, 2.75) is 78.4 Å². The number of hydrogen-bond donors (Lipinski definition) is 0. The third kappa shape index (κ3) is 10.4. The molecule has 0 N–H and O–H groups in total. The molecule has 3 aliphatic rings. The first-order chi connectivity index (χ1) is 7.47. The van der Waals surface area contributed by atoms with E-state index in [2.05, 4.69) is 12.2 Å². The third-order valence-corrected chi connectivity index (χ3v) is 2.57. The highest BCUT2D eigenvalue weighted by atomic mass is 19.0. The van der Waals surface area contributed by atoms with Crippen LogP contribution in [0.15, 0.2) is 12.2 Å². The van der Waals surface area contributed by atoms with Gasteiger partial charge in [0.05, 0.1) is 12.2 Å². The van der Waals surface area contributed by atoms with Crippen LogP contribution in [0.2, 0.25) is 0 Å². The SMILES string of the molecule is C1=CCCC1.C1CC2OC2C1.CC.CC.F.F. The molecule has 1 heterocycles. The van der Waals surface area contributed by atoms with Gasteiger partial charge >= 0.3 is 0 Å². The minimum atomic E-state index is 0. The van der Waals surface area contributed by atoms with Crippen LogP contribution in [-0.4, -0.2) is 12.2 Å². The quantitative estimate of drug-likeness (QED) is 0.435. The topological polar surface area (TPSA) is 12.5 Å². The van der Waals surface area contributed by atoms with Crippen molar-refractivity contribution in [1.82, 2.24) is 0 Å². The molecule has 2 atom stereocenters. The Labute approximate surface area is 105 Å². The number of fused-ring (bicyclic) bond motifs is 1. The average Bonchev–Trinajstić information content (AvgIpc) is 2.84. The Balaban J connectivity index is -0.000000166. The van der Waals surface area contributed by atoms with Crippen LogP contribution in [0, 0.1) is 0 Å². The van der Waals surface area contributed by atoms with Crippen LogP contribution in [0.5, 0.6) is 0 Å². The molecule has 2 aliphatic carbocycles. The lowest BCUT2D eigenvalue weighted by Crippen LogP contribution is -1.74. The van der Waals surface area contributed by atoms with E-state index >= 15 is 0 Å². The van der Waals surface area contributed by atoms with Crippen LogP contribution in [0.25, 0.3) is 0 Å². The summed E-state index contributed by atoms with van der Waals surface area (Å²) in [4.78, 5) is 0. The van der Waals surface area contributed by atoms with Gasteiger partial charge in [0.2, 0.25) is 0 Å². The zero-order valence-corrected chi connectivity index (χ0v) is 11.8. The lowest BCUT2D eigenvalue weighted by Gasteiger charge is -1.81. The highest BCUT2D eigenvalue weighted by Gasteiger charge is 2.42. The second-order valence-corrected chi connectivity index (χ2v) is 3.55. The van der Waals surface area contributed by atoms with Crippen molar-refractivity contribution in [2.75, 3.05) is 0 Å². The number of allylic oxidation sites excluding steroid dienone is 2. The van der Waals surface area contributed by atoms with Crippen molar-refractivity contribution >= 4 is 0 Å². The second kappa shape index (κ2) is 15.6. The zero-order valence-electron chi connectivity index (χ0n) is 11.8. The van der Waals surface area contributed by atoms with Gasteiger partial charge in [-0.15, -0.1) is 0 Å². The Hall–Kier alpha value is -0.440. The lowest BCUT2D eigenvalue weighted by atomic mass is 10.4.